The van der Waals surface area contributed by atoms with Crippen molar-refractivity contribution in [1.82, 2.24) is 5.32 Å². The van der Waals surface area contributed by atoms with E-state index < -0.39 is 17.7 Å². The van der Waals surface area contributed by atoms with Gasteiger partial charge in [-0.15, -0.1) is 0 Å². The molecule has 17 heavy (non-hydrogen) atoms. The Balaban J connectivity index is 2.65. The van der Waals surface area contributed by atoms with Gasteiger partial charge in [-0.25, -0.2) is 13.6 Å². The van der Waals surface area contributed by atoms with Gasteiger partial charge in [-0.3, -0.25) is 0 Å². The van der Waals surface area contributed by atoms with Gasteiger partial charge in [-0.05, 0) is 18.6 Å². The second kappa shape index (κ2) is 6.20. The number of halogens is 3. The molecule has 92 valence electrons. The smallest absolute Gasteiger partial charge is 0.404 e. The van der Waals surface area contributed by atoms with E-state index >= 15 is 0 Å². The normalized spacial score (nSPS) is 10.8. The molecule has 0 radical (unpaired) electrons. The van der Waals surface area contributed by atoms with E-state index in [1.165, 1.54) is 12.2 Å². The highest BCUT2D eigenvalue weighted by molar-refractivity contribution is 6.30. The quantitative estimate of drug-likeness (QED) is 0.645. The van der Waals surface area contributed by atoms with E-state index in [1.807, 2.05) is 0 Å². The molecule has 0 aliphatic carbocycles. The molecular formula is C11H10ClF2NO2. The van der Waals surface area contributed by atoms with Gasteiger partial charge in [0.05, 0.1) is 5.02 Å². The Morgan fingerprint density at radius 1 is 1.47 bits per heavy atom. The summed E-state index contributed by atoms with van der Waals surface area (Å²) in [6.45, 7) is 0.176. The summed E-state index contributed by atoms with van der Waals surface area (Å²) in [4.78, 5) is 10.1. The van der Waals surface area contributed by atoms with Gasteiger partial charge < -0.3 is 10.4 Å². The van der Waals surface area contributed by atoms with Crippen LogP contribution < -0.4 is 5.32 Å². The van der Waals surface area contributed by atoms with Crippen LogP contribution in [0.5, 0.6) is 0 Å². The molecule has 1 aromatic carbocycles. The van der Waals surface area contributed by atoms with E-state index in [0.717, 1.165) is 12.1 Å². The molecular weight excluding hydrogens is 252 g/mol. The minimum absolute atomic E-state index is 0.158. The Kier molecular flexibility index (Phi) is 4.90. The van der Waals surface area contributed by atoms with Crippen LogP contribution in [0, 0.1) is 11.6 Å². The molecule has 0 heterocycles. The molecule has 1 amide bonds. The summed E-state index contributed by atoms with van der Waals surface area (Å²) in [5.74, 6) is -1.54. The lowest BCUT2D eigenvalue weighted by molar-refractivity contribution is 0.194. The first-order chi connectivity index (χ1) is 8.02. The second-order valence-corrected chi connectivity index (χ2v) is 3.59. The summed E-state index contributed by atoms with van der Waals surface area (Å²) in [7, 11) is 0. The maximum absolute atomic E-state index is 13.4. The number of hydrogen-bond donors (Lipinski definition) is 2. The Labute approximate surface area is 102 Å². The first kappa shape index (κ1) is 13.4. The van der Waals surface area contributed by atoms with Crippen LogP contribution in [-0.4, -0.2) is 17.7 Å². The van der Waals surface area contributed by atoms with Crippen molar-refractivity contribution in [2.45, 2.75) is 6.42 Å². The molecule has 0 aromatic heterocycles. The van der Waals surface area contributed by atoms with Crippen LogP contribution >= 0.6 is 11.6 Å². The summed E-state index contributed by atoms with van der Waals surface area (Å²) in [6.07, 6.45) is 1.89. The third kappa shape index (κ3) is 4.03. The minimum Gasteiger partial charge on any atom is -0.465 e. The maximum atomic E-state index is 13.4. The minimum atomic E-state index is -1.14. The first-order valence-electron chi connectivity index (χ1n) is 4.79. The number of benzene rings is 1. The van der Waals surface area contributed by atoms with E-state index in [9.17, 15) is 13.6 Å². The van der Waals surface area contributed by atoms with Crippen LogP contribution in [-0.2, 0) is 0 Å². The van der Waals surface area contributed by atoms with E-state index in [0.29, 0.717) is 6.42 Å². The molecule has 0 bridgehead atoms. The molecule has 0 saturated carbocycles. The molecule has 0 saturated heterocycles. The summed E-state index contributed by atoms with van der Waals surface area (Å²) in [5, 5.41) is 10.2. The van der Waals surface area contributed by atoms with E-state index in [2.05, 4.69) is 5.32 Å². The number of rotatable bonds is 4. The zero-order valence-electron chi connectivity index (χ0n) is 8.71. The standard InChI is InChI=1S/C11H10ClF2NO2/c12-8-4-5-9(13)7(10(8)14)3-1-2-6-15-11(16)17/h1,3-5,15H,2,6H2,(H,16,17). The van der Waals surface area contributed by atoms with Crippen molar-refractivity contribution in [3.05, 3.63) is 40.4 Å². The van der Waals surface area contributed by atoms with Crippen LogP contribution in [0.15, 0.2) is 18.2 Å². The molecule has 3 nitrogen and oxygen atoms in total. The predicted molar refractivity (Wildman–Crippen MR) is 61.0 cm³/mol. The van der Waals surface area contributed by atoms with E-state index in [1.54, 1.807) is 0 Å². The van der Waals surface area contributed by atoms with Crippen molar-refractivity contribution in [3.8, 4) is 0 Å². The van der Waals surface area contributed by atoms with E-state index in [-0.39, 0.29) is 17.1 Å². The highest BCUT2D eigenvalue weighted by atomic mass is 35.5. The molecule has 2 N–H and O–H groups in total. The molecule has 1 aromatic rings. The fourth-order valence-corrected chi connectivity index (χ4v) is 1.32. The zero-order chi connectivity index (χ0) is 12.8. The third-order valence-electron chi connectivity index (χ3n) is 1.95. The first-order valence-corrected chi connectivity index (χ1v) is 5.17. The van der Waals surface area contributed by atoms with Crippen molar-refractivity contribution in [3.63, 3.8) is 0 Å². The Hall–Kier alpha value is -1.62. The fourth-order valence-electron chi connectivity index (χ4n) is 1.16. The number of hydrogen-bond acceptors (Lipinski definition) is 1. The lowest BCUT2D eigenvalue weighted by atomic mass is 10.1. The Bertz CT molecular complexity index is 449. The number of nitrogens with one attached hydrogen (secondary N) is 1. The monoisotopic (exact) mass is 261 g/mol. The van der Waals surface area contributed by atoms with Crippen LogP contribution in [0.1, 0.15) is 12.0 Å². The predicted octanol–water partition coefficient (Wildman–Crippen LogP) is 3.29. The van der Waals surface area contributed by atoms with Gasteiger partial charge in [-0.2, -0.15) is 0 Å². The summed E-state index contributed by atoms with van der Waals surface area (Å²) in [6, 6.07) is 2.20. The van der Waals surface area contributed by atoms with Gasteiger partial charge in [0.1, 0.15) is 5.82 Å². The molecule has 0 atom stereocenters. The van der Waals surface area contributed by atoms with Crippen molar-refractivity contribution >= 4 is 23.8 Å². The fraction of sp³-hybridized carbons (Fsp3) is 0.182. The van der Waals surface area contributed by atoms with Gasteiger partial charge >= 0.3 is 6.09 Å². The Morgan fingerprint density at radius 3 is 2.82 bits per heavy atom. The van der Waals surface area contributed by atoms with Crippen molar-refractivity contribution in [2.24, 2.45) is 0 Å². The molecule has 1 rings (SSSR count). The van der Waals surface area contributed by atoms with Gasteiger partial charge in [-0.1, -0.05) is 23.8 Å². The summed E-state index contributed by atoms with van der Waals surface area (Å²) >= 11 is 5.50. The van der Waals surface area contributed by atoms with E-state index in [4.69, 9.17) is 16.7 Å². The SMILES string of the molecule is O=C(O)NCCC=Cc1c(F)ccc(Cl)c1F. The van der Waals surface area contributed by atoms with Gasteiger partial charge in [0.15, 0.2) is 5.82 Å². The Morgan fingerprint density at radius 2 is 2.18 bits per heavy atom. The molecule has 6 heteroatoms. The van der Waals surface area contributed by atoms with Crippen LogP contribution in [0.3, 0.4) is 0 Å². The topological polar surface area (TPSA) is 49.3 Å². The highest BCUT2D eigenvalue weighted by Gasteiger charge is 2.09. The van der Waals surface area contributed by atoms with Crippen molar-refractivity contribution in [2.75, 3.05) is 6.54 Å². The van der Waals surface area contributed by atoms with Crippen LogP contribution in [0.25, 0.3) is 6.08 Å². The molecule has 0 spiro atoms. The summed E-state index contributed by atoms with van der Waals surface area (Å²) in [5.41, 5.74) is -0.229. The lowest BCUT2D eigenvalue weighted by Gasteiger charge is -2.01. The molecule has 0 fully saturated rings. The van der Waals surface area contributed by atoms with Crippen LogP contribution in [0.4, 0.5) is 13.6 Å². The molecule has 0 aliphatic rings. The number of amides is 1. The lowest BCUT2D eigenvalue weighted by Crippen LogP contribution is -2.21. The van der Waals surface area contributed by atoms with Crippen LogP contribution in [0.2, 0.25) is 5.02 Å². The maximum Gasteiger partial charge on any atom is 0.404 e. The van der Waals surface area contributed by atoms with Crippen molar-refractivity contribution < 1.29 is 18.7 Å². The van der Waals surface area contributed by atoms with Gasteiger partial charge in [0.25, 0.3) is 0 Å². The van der Waals surface area contributed by atoms with Gasteiger partial charge in [0.2, 0.25) is 0 Å². The van der Waals surface area contributed by atoms with Gasteiger partial charge in [0, 0.05) is 12.1 Å². The molecule has 0 aliphatic heterocycles. The average molecular weight is 262 g/mol. The number of carbonyl (C=O) groups is 1. The number of carboxylic acid groups (broad SMARTS) is 1. The highest BCUT2D eigenvalue weighted by Crippen LogP contribution is 2.22. The van der Waals surface area contributed by atoms with Crippen molar-refractivity contribution in [1.29, 1.82) is 0 Å². The average Bonchev–Trinajstić information content (AvgIpc) is 2.27. The second-order valence-electron chi connectivity index (χ2n) is 3.18. The molecule has 0 unspecified atom stereocenters. The summed E-state index contributed by atoms with van der Waals surface area (Å²) < 4.78 is 26.6. The third-order valence-corrected chi connectivity index (χ3v) is 2.24. The largest absolute Gasteiger partial charge is 0.465 e. The zero-order valence-corrected chi connectivity index (χ0v) is 9.47.